The second kappa shape index (κ2) is 8.08. The van der Waals surface area contributed by atoms with Crippen LogP contribution >= 0.6 is 0 Å². The summed E-state index contributed by atoms with van der Waals surface area (Å²) in [6, 6.07) is 6.25. The van der Waals surface area contributed by atoms with Crippen molar-refractivity contribution in [2.75, 3.05) is 11.4 Å². The van der Waals surface area contributed by atoms with Gasteiger partial charge in [0.2, 0.25) is 0 Å². The minimum Gasteiger partial charge on any atom is -0.491 e. The van der Waals surface area contributed by atoms with Gasteiger partial charge in [0.05, 0.1) is 29.6 Å². The Balaban J connectivity index is 1.49. The highest BCUT2D eigenvalue weighted by Gasteiger charge is 2.27. The number of anilines is 1. The number of aromatic hydroxyl groups is 1. The van der Waals surface area contributed by atoms with Crippen LogP contribution in [0, 0.1) is 11.6 Å². The Morgan fingerprint density at radius 2 is 2.06 bits per heavy atom. The molecule has 0 unspecified atom stereocenters. The molecular weight excluding hydrogens is 434 g/mol. The topological polar surface area (TPSA) is 110 Å². The molecule has 0 amide bonds. The first-order valence-corrected chi connectivity index (χ1v) is 10.2. The van der Waals surface area contributed by atoms with Gasteiger partial charge >= 0.3 is 0 Å². The van der Waals surface area contributed by atoms with Crippen molar-refractivity contribution in [1.29, 1.82) is 0 Å². The highest BCUT2D eigenvalue weighted by Crippen LogP contribution is 2.30. The number of carbonyl (C=O) groups excluding carboxylic acids is 1. The summed E-state index contributed by atoms with van der Waals surface area (Å²) in [6.07, 6.45) is 2.99. The molecule has 0 atom stereocenters. The lowest BCUT2D eigenvalue weighted by atomic mass is 10.0. The van der Waals surface area contributed by atoms with Crippen LogP contribution in [0.5, 0.6) is 5.88 Å². The summed E-state index contributed by atoms with van der Waals surface area (Å²) in [7, 11) is 0. The summed E-state index contributed by atoms with van der Waals surface area (Å²) in [5, 5.41) is 17.6. The van der Waals surface area contributed by atoms with Crippen LogP contribution in [0.25, 0.3) is 5.95 Å². The molecule has 1 N–H and O–H groups in total. The van der Waals surface area contributed by atoms with E-state index in [1.165, 1.54) is 23.9 Å². The smallest absolute Gasteiger partial charge is 0.255 e. The maximum atomic E-state index is 14.6. The van der Waals surface area contributed by atoms with Gasteiger partial charge < -0.3 is 14.5 Å². The summed E-state index contributed by atoms with van der Waals surface area (Å²) in [6.45, 7) is 1.94. The Kier molecular flexibility index (Phi) is 5.08. The zero-order chi connectivity index (χ0) is 23.1. The fourth-order valence-corrected chi connectivity index (χ4v) is 3.83. The van der Waals surface area contributed by atoms with Gasteiger partial charge in [0.15, 0.2) is 23.2 Å². The third-order valence-electron chi connectivity index (χ3n) is 5.52. The van der Waals surface area contributed by atoms with Crippen molar-refractivity contribution >= 4 is 11.6 Å². The predicted octanol–water partition coefficient (Wildman–Crippen LogP) is 2.99. The number of hydrogen-bond acceptors (Lipinski definition) is 8. The Labute approximate surface area is 186 Å². The number of hydrogen-bond donors (Lipinski definition) is 1. The monoisotopic (exact) mass is 452 g/mol. The van der Waals surface area contributed by atoms with Gasteiger partial charge in [0.1, 0.15) is 5.82 Å². The van der Waals surface area contributed by atoms with Crippen molar-refractivity contribution in [2.24, 2.45) is 0 Å². The molecule has 1 aliphatic heterocycles. The van der Waals surface area contributed by atoms with Crippen LogP contribution in [0.2, 0.25) is 0 Å². The van der Waals surface area contributed by atoms with Gasteiger partial charge in [-0.25, -0.2) is 18.4 Å². The van der Waals surface area contributed by atoms with Gasteiger partial charge in [-0.1, -0.05) is 18.2 Å². The van der Waals surface area contributed by atoms with Crippen molar-refractivity contribution in [3.8, 4) is 11.8 Å². The first-order chi connectivity index (χ1) is 15.9. The molecule has 4 aromatic rings. The normalized spacial score (nSPS) is 13.2. The molecule has 3 aromatic heterocycles. The summed E-state index contributed by atoms with van der Waals surface area (Å²) in [4.78, 5) is 22.2. The van der Waals surface area contributed by atoms with Crippen molar-refractivity contribution in [3.63, 3.8) is 0 Å². The SMILES string of the molecule is CC(=O)c1cn(-c2ncc(F)c(N3CCc4c(O)noc4C3)n2)nc1Cc1ccccc1F. The Morgan fingerprint density at radius 3 is 2.85 bits per heavy atom. The Bertz CT molecular complexity index is 1370. The summed E-state index contributed by atoms with van der Waals surface area (Å²) >= 11 is 0. The highest BCUT2D eigenvalue weighted by molar-refractivity contribution is 5.95. The standard InChI is InChI=1S/C22H18F2N6O3/c1-12(31)15-10-30(27-18(15)8-13-4-2-3-5-16(13)23)22-25-9-17(24)20(26-22)29-7-6-14-19(11-29)33-28-21(14)32/h2-5,9-10H,6-8,11H2,1H3,(H,28,32). The molecule has 1 aliphatic rings. The highest BCUT2D eigenvalue weighted by atomic mass is 19.1. The molecule has 4 heterocycles. The van der Waals surface area contributed by atoms with Crippen LogP contribution in [0.3, 0.4) is 0 Å². The maximum absolute atomic E-state index is 14.6. The van der Waals surface area contributed by atoms with Crippen molar-refractivity contribution in [1.82, 2.24) is 24.9 Å². The number of rotatable bonds is 5. The average molecular weight is 452 g/mol. The second-order valence-corrected chi connectivity index (χ2v) is 7.68. The first-order valence-electron chi connectivity index (χ1n) is 10.2. The third kappa shape index (κ3) is 3.81. The summed E-state index contributed by atoms with van der Waals surface area (Å²) < 4.78 is 35.1. The largest absolute Gasteiger partial charge is 0.491 e. The van der Waals surface area contributed by atoms with E-state index >= 15 is 0 Å². The van der Waals surface area contributed by atoms with E-state index in [2.05, 4.69) is 20.2 Å². The molecule has 5 rings (SSSR count). The lowest BCUT2D eigenvalue weighted by Crippen LogP contribution is -2.31. The summed E-state index contributed by atoms with van der Waals surface area (Å²) in [5.74, 6) is -0.936. The number of carbonyl (C=O) groups is 1. The second-order valence-electron chi connectivity index (χ2n) is 7.68. The van der Waals surface area contributed by atoms with E-state index in [0.717, 1.165) is 6.20 Å². The first kappa shape index (κ1) is 20.7. The fraction of sp³-hybridized carbons (Fsp3) is 0.227. The van der Waals surface area contributed by atoms with Gasteiger partial charge in [-0.15, -0.1) is 0 Å². The van der Waals surface area contributed by atoms with Crippen LogP contribution in [0.4, 0.5) is 14.6 Å². The number of benzene rings is 1. The lowest BCUT2D eigenvalue weighted by Gasteiger charge is -2.26. The molecule has 0 saturated carbocycles. The van der Waals surface area contributed by atoms with Crippen LogP contribution in [0.15, 0.2) is 41.2 Å². The molecule has 0 bridgehead atoms. The lowest BCUT2D eigenvalue weighted by molar-refractivity contribution is 0.101. The Morgan fingerprint density at radius 1 is 1.24 bits per heavy atom. The van der Waals surface area contributed by atoms with E-state index in [1.54, 1.807) is 23.1 Å². The van der Waals surface area contributed by atoms with Crippen molar-refractivity contribution in [3.05, 3.63) is 76.4 Å². The quantitative estimate of drug-likeness (QED) is 0.460. The number of Topliss-reactive ketones (excluding diaryl/α,β-unsaturated/α-hetero) is 1. The molecule has 11 heteroatoms. The van der Waals surface area contributed by atoms with Crippen LogP contribution < -0.4 is 4.90 Å². The Hall–Kier alpha value is -4.15. The average Bonchev–Trinajstić information content (AvgIpc) is 3.39. The van der Waals surface area contributed by atoms with Gasteiger partial charge in [-0.3, -0.25) is 4.79 Å². The molecule has 1 aromatic carbocycles. The van der Waals surface area contributed by atoms with E-state index in [0.29, 0.717) is 41.1 Å². The number of aromatic nitrogens is 5. The zero-order valence-electron chi connectivity index (χ0n) is 17.5. The fourth-order valence-electron chi connectivity index (χ4n) is 3.83. The number of nitrogens with zero attached hydrogens (tertiary/aromatic N) is 6. The van der Waals surface area contributed by atoms with E-state index < -0.39 is 11.6 Å². The zero-order valence-corrected chi connectivity index (χ0v) is 17.5. The molecule has 0 fully saturated rings. The molecule has 168 valence electrons. The van der Waals surface area contributed by atoms with Crippen LogP contribution in [-0.2, 0) is 19.4 Å². The minimum atomic E-state index is -0.642. The molecule has 33 heavy (non-hydrogen) atoms. The number of ketones is 1. The number of fused-ring (bicyclic) bond motifs is 1. The molecule has 0 aliphatic carbocycles. The predicted molar refractivity (Wildman–Crippen MR) is 111 cm³/mol. The van der Waals surface area contributed by atoms with Crippen LogP contribution in [0.1, 0.15) is 39.9 Å². The molecule has 0 saturated heterocycles. The number of halogens is 2. The van der Waals surface area contributed by atoms with E-state index in [1.807, 2.05) is 0 Å². The van der Waals surface area contributed by atoms with Gasteiger partial charge in [-0.2, -0.15) is 10.1 Å². The van der Waals surface area contributed by atoms with E-state index in [9.17, 15) is 18.7 Å². The van der Waals surface area contributed by atoms with E-state index in [-0.39, 0.29) is 36.4 Å². The maximum Gasteiger partial charge on any atom is 0.255 e. The molecule has 0 spiro atoms. The van der Waals surface area contributed by atoms with Gasteiger partial charge in [0, 0.05) is 19.2 Å². The van der Waals surface area contributed by atoms with E-state index in [4.69, 9.17) is 4.52 Å². The molecule has 9 nitrogen and oxygen atoms in total. The molecule has 0 radical (unpaired) electrons. The minimum absolute atomic E-state index is 0.0251. The van der Waals surface area contributed by atoms with Crippen molar-refractivity contribution in [2.45, 2.75) is 26.3 Å². The molecular formula is C22H18F2N6O3. The van der Waals surface area contributed by atoms with Gasteiger partial charge in [-0.05, 0) is 30.1 Å². The van der Waals surface area contributed by atoms with Crippen molar-refractivity contribution < 1.29 is 23.2 Å². The van der Waals surface area contributed by atoms with Crippen LogP contribution in [-0.4, -0.2) is 42.3 Å². The summed E-state index contributed by atoms with van der Waals surface area (Å²) in [5.41, 5.74) is 1.65. The van der Waals surface area contributed by atoms with Gasteiger partial charge in [0.25, 0.3) is 11.8 Å². The third-order valence-corrected chi connectivity index (χ3v) is 5.52.